The van der Waals surface area contributed by atoms with Crippen LogP contribution in [0.1, 0.15) is 35.9 Å². The molecule has 1 heterocycles. The summed E-state index contributed by atoms with van der Waals surface area (Å²) in [5.74, 6) is 0.911. The molecule has 0 saturated carbocycles. The molecule has 0 saturated heterocycles. The van der Waals surface area contributed by atoms with E-state index < -0.39 is 16.1 Å². The lowest BCUT2D eigenvalue weighted by molar-refractivity contribution is -0.117. The average molecular weight is 466 g/mol. The maximum absolute atomic E-state index is 12.8. The van der Waals surface area contributed by atoms with E-state index in [1.54, 1.807) is 11.8 Å². The fourth-order valence-electron chi connectivity index (χ4n) is 3.23. The second-order valence-corrected chi connectivity index (χ2v) is 11.1. The number of thiazole rings is 1. The van der Waals surface area contributed by atoms with Gasteiger partial charge in [0.2, 0.25) is 15.9 Å². The van der Waals surface area contributed by atoms with Crippen molar-refractivity contribution >= 4 is 50.2 Å². The van der Waals surface area contributed by atoms with Crippen molar-refractivity contribution in [1.29, 1.82) is 0 Å². The molecule has 30 heavy (non-hydrogen) atoms. The van der Waals surface area contributed by atoms with Crippen LogP contribution >= 0.6 is 23.1 Å². The van der Waals surface area contributed by atoms with Crippen molar-refractivity contribution < 1.29 is 13.2 Å². The number of aryl methyl sites for hydroxylation is 1. The van der Waals surface area contributed by atoms with Gasteiger partial charge in [-0.1, -0.05) is 37.3 Å². The first-order valence-corrected chi connectivity index (χ1v) is 13.7. The van der Waals surface area contributed by atoms with Crippen LogP contribution in [-0.2, 0) is 27.7 Å². The van der Waals surface area contributed by atoms with Gasteiger partial charge in [0.15, 0.2) is 5.13 Å². The molecule has 0 spiro atoms. The number of hydrogen-bond donors (Lipinski definition) is 2. The summed E-state index contributed by atoms with van der Waals surface area (Å²) in [7, 11) is -3.77. The molecule has 162 valence electrons. The van der Waals surface area contributed by atoms with Gasteiger partial charge >= 0.3 is 0 Å². The number of aromatic nitrogens is 1. The van der Waals surface area contributed by atoms with Crippen LogP contribution in [0.2, 0.25) is 0 Å². The van der Waals surface area contributed by atoms with Crippen LogP contribution in [0, 0.1) is 5.92 Å². The summed E-state index contributed by atoms with van der Waals surface area (Å²) in [6.45, 7) is 2.22. The molecule has 1 aromatic carbocycles. The van der Waals surface area contributed by atoms with E-state index in [-0.39, 0.29) is 5.91 Å². The Morgan fingerprint density at radius 3 is 2.87 bits per heavy atom. The lowest BCUT2D eigenvalue weighted by Gasteiger charge is -2.16. The van der Waals surface area contributed by atoms with E-state index >= 15 is 0 Å². The van der Waals surface area contributed by atoms with Crippen LogP contribution < -0.4 is 10.0 Å². The summed E-state index contributed by atoms with van der Waals surface area (Å²) in [5.41, 5.74) is 1.83. The molecular formula is C21H27N3O3S3. The molecule has 1 aliphatic rings. The van der Waals surface area contributed by atoms with E-state index in [0.29, 0.717) is 23.2 Å². The Labute approximate surface area is 186 Å². The Morgan fingerprint density at radius 1 is 1.37 bits per heavy atom. The van der Waals surface area contributed by atoms with E-state index in [2.05, 4.69) is 21.9 Å². The van der Waals surface area contributed by atoms with Crippen LogP contribution in [0.15, 0.2) is 35.7 Å². The largest absolute Gasteiger partial charge is 0.301 e. The number of hydrogen-bond acceptors (Lipinski definition) is 6. The van der Waals surface area contributed by atoms with Gasteiger partial charge in [-0.25, -0.2) is 13.4 Å². The standard InChI is InChI=1S/C21H27N3O3S3/c1-15-8-9-17-19(14-15)29-21(22-17)23-20(25)18(10-12-28-2)24-30(26,27)13-11-16-6-4-3-5-7-16/h3-7,11,13,15,18,24H,8-10,12,14H2,1-2H3,(H,22,23,25)/b13-11+. The van der Waals surface area contributed by atoms with Gasteiger partial charge in [0.25, 0.3) is 0 Å². The van der Waals surface area contributed by atoms with Crippen LogP contribution in [0.4, 0.5) is 5.13 Å². The first-order valence-electron chi connectivity index (χ1n) is 9.90. The fraction of sp³-hybridized carbons (Fsp3) is 0.429. The molecule has 2 N–H and O–H groups in total. The number of rotatable bonds is 9. The van der Waals surface area contributed by atoms with E-state index in [1.165, 1.54) is 22.3 Å². The number of carbonyl (C=O) groups is 1. The number of nitrogens with one attached hydrogen (secondary N) is 2. The van der Waals surface area contributed by atoms with Gasteiger partial charge in [-0.05, 0) is 55.2 Å². The van der Waals surface area contributed by atoms with Gasteiger partial charge in [-0.15, -0.1) is 11.3 Å². The lowest BCUT2D eigenvalue weighted by atomic mass is 9.93. The van der Waals surface area contributed by atoms with Gasteiger partial charge in [-0.2, -0.15) is 16.5 Å². The number of sulfonamides is 1. The second kappa shape index (κ2) is 10.6. The Hall–Kier alpha value is -1.68. The SMILES string of the molecule is CSCCC(NS(=O)(=O)/C=C/c1ccccc1)C(=O)Nc1nc2c(s1)CC(C)CC2. The van der Waals surface area contributed by atoms with E-state index in [9.17, 15) is 13.2 Å². The summed E-state index contributed by atoms with van der Waals surface area (Å²) >= 11 is 3.06. The quantitative estimate of drug-likeness (QED) is 0.586. The van der Waals surface area contributed by atoms with Crippen molar-refractivity contribution in [2.24, 2.45) is 5.92 Å². The summed E-state index contributed by atoms with van der Waals surface area (Å²) < 4.78 is 27.6. The minimum Gasteiger partial charge on any atom is -0.301 e. The van der Waals surface area contributed by atoms with Gasteiger partial charge in [0.05, 0.1) is 5.69 Å². The molecule has 0 bridgehead atoms. The highest BCUT2D eigenvalue weighted by molar-refractivity contribution is 7.98. The third kappa shape index (κ3) is 6.66. The Bertz CT molecular complexity index is 987. The van der Waals surface area contributed by atoms with Gasteiger partial charge in [0, 0.05) is 10.3 Å². The molecule has 1 amide bonds. The summed E-state index contributed by atoms with van der Waals surface area (Å²) in [6.07, 6.45) is 6.85. The Kier molecular flexibility index (Phi) is 8.10. The zero-order valence-electron chi connectivity index (χ0n) is 17.1. The first-order chi connectivity index (χ1) is 14.4. The monoisotopic (exact) mass is 465 g/mol. The van der Waals surface area contributed by atoms with Crippen molar-refractivity contribution in [3.8, 4) is 0 Å². The zero-order valence-corrected chi connectivity index (χ0v) is 19.6. The zero-order chi connectivity index (χ0) is 21.6. The van der Waals surface area contributed by atoms with E-state index in [0.717, 1.165) is 35.9 Å². The number of amides is 1. The van der Waals surface area contributed by atoms with Crippen molar-refractivity contribution in [3.63, 3.8) is 0 Å². The van der Waals surface area contributed by atoms with E-state index in [4.69, 9.17) is 0 Å². The third-order valence-corrected chi connectivity index (χ3v) is 7.68. The molecule has 0 aliphatic heterocycles. The molecule has 0 fully saturated rings. The van der Waals surface area contributed by atoms with Crippen molar-refractivity contribution in [2.45, 2.75) is 38.6 Å². The van der Waals surface area contributed by atoms with Crippen molar-refractivity contribution in [1.82, 2.24) is 9.71 Å². The molecule has 2 aromatic rings. The van der Waals surface area contributed by atoms with Crippen molar-refractivity contribution in [2.75, 3.05) is 17.3 Å². The number of thioether (sulfide) groups is 1. The number of nitrogens with zero attached hydrogens (tertiary/aromatic N) is 1. The fourth-order valence-corrected chi connectivity index (χ4v) is 5.92. The maximum atomic E-state index is 12.8. The second-order valence-electron chi connectivity index (χ2n) is 7.44. The Morgan fingerprint density at radius 2 is 2.13 bits per heavy atom. The Balaban J connectivity index is 1.68. The molecule has 2 atom stereocenters. The average Bonchev–Trinajstić information content (AvgIpc) is 3.11. The predicted octanol–water partition coefficient (Wildman–Crippen LogP) is 3.92. The van der Waals surface area contributed by atoms with E-state index in [1.807, 2.05) is 36.6 Å². The van der Waals surface area contributed by atoms with Crippen LogP contribution in [0.25, 0.3) is 6.08 Å². The highest BCUT2D eigenvalue weighted by atomic mass is 32.2. The minimum atomic E-state index is -3.77. The first kappa shape index (κ1) is 23.0. The highest BCUT2D eigenvalue weighted by Crippen LogP contribution is 2.32. The molecule has 1 aromatic heterocycles. The van der Waals surface area contributed by atoms with Gasteiger partial charge < -0.3 is 5.32 Å². The van der Waals surface area contributed by atoms with Crippen LogP contribution in [-0.4, -0.2) is 37.4 Å². The number of benzene rings is 1. The number of anilines is 1. The smallest absolute Gasteiger partial charge is 0.244 e. The molecule has 3 rings (SSSR count). The number of carbonyl (C=O) groups excluding carboxylic acids is 1. The summed E-state index contributed by atoms with van der Waals surface area (Å²) in [6, 6.07) is 8.31. The minimum absolute atomic E-state index is 0.375. The molecule has 6 nitrogen and oxygen atoms in total. The molecule has 2 unspecified atom stereocenters. The summed E-state index contributed by atoms with van der Waals surface area (Å²) in [4.78, 5) is 18.6. The topological polar surface area (TPSA) is 88.2 Å². The molecule has 0 radical (unpaired) electrons. The van der Waals surface area contributed by atoms with Gasteiger partial charge in [0.1, 0.15) is 6.04 Å². The number of fused-ring (bicyclic) bond motifs is 1. The molecule has 1 aliphatic carbocycles. The third-order valence-electron chi connectivity index (χ3n) is 4.89. The van der Waals surface area contributed by atoms with Crippen LogP contribution in [0.3, 0.4) is 0 Å². The maximum Gasteiger partial charge on any atom is 0.244 e. The predicted molar refractivity (Wildman–Crippen MR) is 126 cm³/mol. The highest BCUT2D eigenvalue weighted by Gasteiger charge is 2.25. The van der Waals surface area contributed by atoms with Crippen LogP contribution in [0.5, 0.6) is 0 Å². The molecule has 9 heteroatoms. The summed E-state index contributed by atoms with van der Waals surface area (Å²) in [5, 5.41) is 4.48. The molecular weight excluding hydrogens is 438 g/mol. The van der Waals surface area contributed by atoms with Gasteiger partial charge in [-0.3, -0.25) is 4.79 Å². The van der Waals surface area contributed by atoms with Crippen molar-refractivity contribution in [3.05, 3.63) is 51.9 Å². The normalized spacial score (nSPS) is 17.6. The lowest BCUT2D eigenvalue weighted by Crippen LogP contribution is -2.43.